The molecule has 1 N–H and O–H groups in total. The lowest BCUT2D eigenvalue weighted by atomic mass is 9.91. The second-order valence-electron chi connectivity index (χ2n) is 6.40. The van der Waals surface area contributed by atoms with Gasteiger partial charge in [-0.15, -0.1) is 0 Å². The van der Waals surface area contributed by atoms with Crippen LogP contribution in [-0.2, 0) is 12.0 Å². The maximum atomic E-state index is 5.94. The van der Waals surface area contributed by atoms with Crippen molar-refractivity contribution in [3.8, 4) is 11.6 Å². The molecule has 0 saturated carbocycles. The average Bonchev–Trinajstić information content (AvgIpc) is 2.37. The number of benzene rings is 1. The van der Waals surface area contributed by atoms with Gasteiger partial charge in [0.25, 0.3) is 0 Å². The number of aryl methyl sites for hydroxylation is 1. The van der Waals surface area contributed by atoms with Gasteiger partial charge in [-0.05, 0) is 43.3 Å². The molecular weight excluding hydrogens is 260 g/mol. The van der Waals surface area contributed by atoms with E-state index in [0.29, 0.717) is 5.88 Å². The van der Waals surface area contributed by atoms with E-state index in [0.717, 1.165) is 18.0 Å². The van der Waals surface area contributed by atoms with Gasteiger partial charge in [0, 0.05) is 18.0 Å². The molecule has 0 fully saturated rings. The molecular formula is C18H24N2O. The second-order valence-corrected chi connectivity index (χ2v) is 6.40. The summed E-state index contributed by atoms with van der Waals surface area (Å²) in [5.41, 5.74) is 3.39. The van der Waals surface area contributed by atoms with Crippen molar-refractivity contribution in [1.29, 1.82) is 0 Å². The number of pyridine rings is 1. The maximum absolute atomic E-state index is 5.94. The standard InChI is InChI=1S/C18H24N2O/c1-13-7-6-8-15(9-13)21-17-11-14(12-19-5)10-16(20-17)18(2,3)4/h6-11,19H,12H2,1-5H3. The quantitative estimate of drug-likeness (QED) is 0.913. The molecule has 0 radical (unpaired) electrons. The van der Waals surface area contributed by atoms with Crippen LogP contribution in [0.15, 0.2) is 36.4 Å². The molecule has 0 aliphatic carbocycles. The van der Waals surface area contributed by atoms with E-state index >= 15 is 0 Å². The Balaban J connectivity index is 2.35. The molecule has 0 bridgehead atoms. The van der Waals surface area contributed by atoms with Crippen LogP contribution in [-0.4, -0.2) is 12.0 Å². The Morgan fingerprint density at radius 1 is 1.14 bits per heavy atom. The molecule has 0 spiro atoms. The van der Waals surface area contributed by atoms with Gasteiger partial charge in [-0.2, -0.15) is 0 Å². The van der Waals surface area contributed by atoms with E-state index < -0.39 is 0 Å². The SMILES string of the molecule is CNCc1cc(Oc2cccc(C)c2)nc(C(C)(C)C)c1. The predicted octanol–water partition coefficient (Wildman–Crippen LogP) is 4.20. The van der Waals surface area contributed by atoms with Gasteiger partial charge in [-0.25, -0.2) is 4.98 Å². The van der Waals surface area contributed by atoms with Crippen LogP contribution in [0.3, 0.4) is 0 Å². The Morgan fingerprint density at radius 2 is 1.90 bits per heavy atom. The lowest BCUT2D eigenvalue weighted by Gasteiger charge is -2.20. The number of ether oxygens (including phenoxy) is 1. The lowest BCUT2D eigenvalue weighted by molar-refractivity contribution is 0.450. The van der Waals surface area contributed by atoms with E-state index in [2.05, 4.69) is 50.1 Å². The third kappa shape index (κ3) is 4.30. The Bertz CT molecular complexity index is 615. The van der Waals surface area contributed by atoms with Crippen molar-refractivity contribution in [3.05, 3.63) is 53.2 Å². The third-order valence-corrected chi connectivity index (χ3v) is 3.22. The van der Waals surface area contributed by atoms with Gasteiger partial charge in [-0.3, -0.25) is 0 Å². The van der Waals surface area contributed by atoms with Gasteiger partial charge in [0.15, 0.2) is 0 Å². The molecule has 2 rings (SSSR count). The van der Waals surface area contributed by atoms with Crippen molar-refractivity contribution in [3.63, 3.8) is 0 Å². The smallest absolute Gasteiger partial charge is 0.219 e. The average molecular weight is 284 g/mol. The summed E-state index contributed by atoms with van der Waals surface area (Å²) in [7, 11) is 1.94. The largest absolute Gasteiger partial charge is 0.439 e. The minimum absolute atomic E-state index is 0.00549. The summed E-state index contributed by atoms with van der Waals surface area (Å²) in [5, 5.41) is 3.18. The Hall–Kier alpha value is -1.87. The summed E-state index contributed by atoms with van der Waals surface area (Å²) >= 11 is 0. The summed E-state index contributed by atoms with van der Waals surface area (Å²) in [4.78, 5) is 4.66. The fourth-order valence-corrected chi connectivity index (χ4v) is 2.10. The molecule has 2 aromatic rings. The Morgan fingerprint density at radius 3 is 2.52 bits per heavy atom. The minimum Gasteiger partial charge on any atom is -0.439 e. The molecule has 1 aromatic carbocycles. The van der Waals surface area contributed by atoms with E-state index in [1.165, 1.54) is 11.1 Å². The first-order chi connectivity index (χ1) is 9.88. The van der Waals surface area contributed by atoms with Crippen LogP contribution in [0.25, 0.3) is 0 Å². The number of nitrogens with one attached hydrogen (secondary N) is 1. The molecule has 0 amide bonds. The van der Waals surface area contributed by atoms with Crippen molar-refractivity contribution in [2.24, 2.45) is 0 Å². The molecule has 3 heteroatoms. The van der Waals surface area contributed by atoms with Gasteiger partial charge < -0.3 is 10.1 Å². The van der Waals surface area contributed by atoms with Crippen LogP contribution in [0.1, 0.15) is 37.6 Å². The Kier molecular flexibility index (Phi) is 4.63. The molecule has 3 nitrogen and oxygen atoms in total. The van der Waals surface area contributed by atoms with Gasteiger partial charge in [0.2, 0.25) is 5.88 Å². The molecule has 0 aliphatic heterocycles. The number of aromatic nitrogens is 1. The van der Waals surface area contributed by atoms with Crippen LogP contribution in [0.2, 0.25) is 0 Å². The third-order valence-electron chi connectivity index (χ3n) is 3.22. The fraction of sp³-hybridized carbons (Fsp3) is 0.389. The first-order valence-corrected chi connectivity index (χ1v) is 7.29. The zero-order chi connectivity index (χ0) is 15.5. The topological polar surface area (TPSA) is 34.1 Å². The van der Waals surface area contributed by atoms with Crippen molar-refractivity contribution >= 4 is 0 Å². The van der Waals surface area contributed by atoms with Crippen molar-refractivity contribution in [1.82, 2.24) is 10.3 Å². The summed E-state index contributed by atoms with van der Waals surface area (Å²) in [6.07, 6.45) is 0. The molecule has 0 aliphatic rings. The van der Waals surface area contributed by atoms with Crippen molar-refractivity contribution < 1.29 is 4.74 Å². The van der Waals surface area contributed by atoms with Gasteiger partial charge in [0.05, 0.1) is 5.69 Å². The van der Waals surface area contributed by atoms with Crippen molar-refractivity contribution in [2.75, 3.05) is 7.05 Å². The van der Waals surface area contributed by atoms with Gasteiger partial charge in [-0.1, -0.05) is 32.9 Å². The number of hydrogen-bond donors (Lipinski definition) is 1. The second kappa shape index (κ2) is 6.27. The maximum Gasteiger partial charge on any atom is 0.219 e. The highest BCUT2D eigenvalue weighted by Crippen LogP contribution is 2.27. The van der Waals surface area contributed by atoms with E-state index in [1.807, 2.05) is 31.3 Å². The van der Waals surface area contributed by atoms with Crippen molar-refractivity contribution in [2.45, 2.75) is 39.7 Å². The summed E-state index contributed by atoms with van der Waals surface area (Å²) in [5.74, 6) is 1.47. The molecule has 0 unspecified atom stereocenters. The fourth-order valence-electron chi connectivity index (χ4n) is 2.10. The summed E-state index contributed by atoms with van der Waals surface area (Å²) in [6.45, 7) is 9.34. The molecule has 112 valence electrons. The van der Waals surface area contributed by atoms with Gasteiger partial charge in [0.1, 0.15) is 5.75 Å². The highest BCUT2D eigenvalue weighted by atomic mass is 16.5. The van der Waals surface area contributed by atoms with Crippen LogP contribution >= 0.6 is 0 Å². The normalized spacial score (nSPS) is 11.5. The van der Waals surface area contributed by atoms with Crippen LogP contribution in [0, 0.1) is 6.92 Å². The highest BCUT2D eigenvalue weighted by molar-refractivity contribution is 5.34. The summed E-state index contributed by atoms with van der Waals surface area (Å²) in [6, 6.07) is 12.2. The van der Waals surface area contributed by atoms with E-state index in [9.17, 15) is 0 Å². The Labute approximate surface area is 127 Å². The predicted molar refractivity (Wildman–Crippen MR) is 87.0 cm³/mol. The zero-order valence-electron chi connectivity index (χ0n) is 13.5. The van der Waals surface area contributed by atoms with Crippen LogP contribution in [0.5, 0.6) is 11.6 Å². The minimum atomic E-state index is -0.00549. The van der Waals surface area contributed by atoms with Crippen LogP contribution in [0.4, 0.5) is 0 Å². The molecule has 1 aromatic heterocycles. The van der Waals surface area contributed by atoms with Crippen LogP contribution < -0.4 is 10.1 Å². The van der Waals surface area contributed by atoms with Gasteiger partial charge >= 0.3 is 0 Å². The zero-order valence-corrected chi connectivity index (χ0v) is 13.5. The lowest BCUT2D eigenvalue weighted by Crippen LogP contribution is -2.15. The monoisotopic (exact) mass is 284 g/mol. The molecule has 0 atom stereocenters. The number of hydrogen-bond acceptors (Lipinski definition) is 3. The highest BCUT2D eigenvalue weighted by Gasteiger charge is 2.17. The first kappa shape index (κ1) is 15.5. The van der Waals surface area contributed by atoms with E-state index in [1.54, 1.807) is 0 Å². The first-order valence-electron chi connectivity index (χ1n) is 7.29. The number of nitrogens with zero attached hydrogens (tertiary/aromatic N) is 1. The molecule has 0 saturated heterocycles. The number of rotatable bonds is 4. The van der Waals surface area contributed by atoms with E-state index in [-0.39, 0.29) is 5.41 Å². The molecule has 21 heavy (non-hydrogen) atoms. The van der Waals surface area contributed by atoms with E-state index in [4.69, 9.17) is 4.74 Å². The summed E-state index contributed by atoms with van der Waals surface area (Å²) < 4.78 is 5.94. The molecule has 1 heterocycles.